The molecule has 1 aliphatic rings. The lowest BCUT2D eigenvalue weighted by Crippen LogP contribution is -2.42. The Hall–Kier alpha value is -1.28. The van der Waals surface area contributed by atoms with Gasteiger partial charge in [0, 0.05) is 18.7 Å². The number of rotatable bonds is 5. The Morgan fingerprint density at radius 1 is 1.25 bits per heavy atom. The maximum atomic E-state index is 11.7. The van der Waals surface area contributed by atoms with Crippen molar-refractivity contribution in [1.29, 1.82) is 0 Å². The highest BCUT2D eigenvalue weighted by atomic mass is 32.2. The van der Waals surface area contributed by atoms with Crippen molar-refractivity contribution in [3.8, 4) is 0 Å². The smallest absolute Gasteiger partial charge is 0.327 e. The van der Waals surface area contributed by atoms with Gasteiger partial charge in [-0.05, 0) is 25.7 Å². The van der Waals surface area contributed by atoms with E-state index in [2.05, 4.69) is 10.6 Å². The Labute approximate surface area is 121 Å². The maximum absolute atomic E-state index is 11.7. The van der Waals surface area contributed by atoms with Gasteiger partial charge in [0.05, 0.1) is 6.10 Å². The molecular formula is C12H20N2O5S. The van der Waals surface area contributed by atoms with Gasteiger partial charge in [0.1, 0.15) is 6.04 Å². The van der Waals surface area contributed by atoms with Gasteiger partial charge in [-0.3, -0.25) is 9.59 Å². The average molecular weight is 304 g/mol. The Bertz CT molecular complexity index is 369. The minimum atomic E-state index is -1.17. The van der Waals surface area contributed by atoms with Gasteiger partial charge >= 0.3 is 5.97 Å². The minimum absolute atomic E-state index is 0.0178. The van der Waals surface area contributed by atoms with E-state index in [0.29, 0.717) is 12.8 Å². The quantitative estimate of drug-likeness (QED) is 0.581. The summed E-state index contributed by atoms with van der Waals surface area (Å²) in [5, 5.41) is 23.0. The first-order valence-electron chi connectivity index (χ1n) is 6.49. The first kappa shape index (κ1) is 16.8. The molecule has 0 unspecified atom stereocenters. The Kier molecular flexibility index (Phi) is 6.80. The SMILES string of the molecule is CC(=O)N[C@@H](CSC(=O)NC1CCC(O)CC1)C(=O)O. The van der Waals surface area contributed by atoms with Crippen LogP contribution in [0.4, 0.5) is 4.79 Å². The van der Waals surface area contributed by atoms with Crippen molar-refractivity contribution in [2.45, 2.75) is 50.8 Å². The van der Waals surface area contributed by atoms with E-state index in [1.165, 1.54) is 6.92 Å². The lowest BCUT2D eigenvalue weighted by molar-refractivity contribution is -0.140. The van der Waals surface area contributed by atoms with Gasteiger partial charge in [-0.2, -0.15) is 0 Å². The van der Waals surface area contributed by atoms with E-state index < -0.39 is 17.9 Å². The van der Waals surface area contributed by atoms with Crippen molar-refractivity contribution in [3.05, 3.63) is 0 Å². The van der Waals surface area contributed by atoms with Gasteiger partial charge in [-0.1, -0.05) is 11.8 Å². The molecule has 1 rings (SSSR count). The molecule has 0 aromatic rings. The topological polar surface area (TPSA) is 116 Å². The number of nitrogens with one attached hydrogen (secondary N) is 2. The van der Waals surface area contributed by atoms with Crippen LogP contribution in [-0.2, 0) is 9.59 Å². The van der Waals surface area contributed by atoms with Crippen molar-refractivity contribution in [1.82, 2.24) is 10.6 Å². The third-order valence-corrected chi connectivity index (χ3v) is 3.96. The van der Waals surface area contributed by atoms with Crippen LogP contribution in [0.25, 0.3) is 0 Å². The third kappa shape index (κ3) is 6.25. The molecule has 1 aliphatic carbocycles. The molecule has 4 N–H and O–H groups in total. The van der Waals surface area contributed by atoms with Gasteiger partial charge in [-0.15, -0.1) is 0 Å². The molecule has 0 aliphatic heterocycles. The van der Waals surface area contributed by atoms with E-state index in [-0.39, 0.29) is 23.1 Å². The number of hydrogen-bond acceptors (Lipinski definition) is 5. The summed E-state index contributed by atoms with van der Waals surface area (Å²) in [5.74, 6) is -1.63. The standard InChI is InChI=1S/C12H20N2O5S/c1-7(15)13-10(11(17)18)6-20-12(19)14-8-2-4-9(16)5-3-8/h8-10,16H,2-6H2,1H3,(H,13,15)(H,14,19)(H,17,18)/t8?,9?,10-/m0/s1. The molecule has 0 radical (unpaired) electrons. The molecule has 7 nitrogen and oxygen atoms in total. The lowest BCUT2D eigenvalue weighted by atomic mass is 9.93. The largest absolute Gasteiger partial charge is 0.480 e. The number of carboxylic acids is 1. The minimum Gasteiger partial charge on any atom is -0.480 e. The van der Waals surface area contributed by atoms with Crippen LogP contribution in [-0.4, -0.2) is 51.3 Å². The molecule has 2 amide bonds. The number of aliphatic carboxylic acids is 1. The lowest BCUT2D eigenvalue weighted by Gasteiger charge is -2.26. The highest BCUT2D eigenvalue weighted by Crippen LogP contribution is 2.19. The highest BCUT2D eigenvalue weighted by Gasteiger charge is 2.23. The van der Waals surface area contributed by atoms with E-state index in [1.54, 1.807) is 0 Å². The van der Waals surface area contributed by atoms with Crippen LogP contribution in [0.2, 0.25) is 0 Å². The fraction of sp³-hybridized carbons (Fsp3) is 0.750. The summed E-state index contributed by atoms with van der Waals surface area (Å²) >= 11 is 0.841. The average Bonchev–Trinajstić information content (AvgIpc) is 2.36. The van der Waals surface area contributed by atoms with E-state index in [1.807, 2.05) is 0 Å². The van der Waals surface area contributed by atoms with Crippen LogP contribution in [0, 0.1) is 0 Å². The van der Waals surface area contributed by atoms with Crippen molar-refractivity contribution in [2.75, 3.05) is 5.75 Å². The van der Waals surface area contributed by atoms with E-state index in [9.17, 15) is 19.5 Å². The molecule has 20 heavy (non-hydrogen) atoms. The summed E-state index contributed by atoms with van der Waals surface area (Å²) in [6, 6.07) is -1.04. The Morgan fingerprint density at radius 3 is 2.35 bits per heavy atom. The molecule has 8 heteroatoms. The molecule has 0 spiro atoms. The molecule has 1 fully saturated rings. The van der Waals surface area contributed by atoms with Crippen molar-refractivity contribution in [3.63, 3.8) is 0 Å². The predicted molar refractivity (Wildman–Crippen MR) is 74.5 cm³/mol. The normalized spacial score (nSPS) is 23.7. The third-order valence-electron chi connectivity index (χ3n) is 3.08. The number of carboxylic acid groups (broad SMARTS) is 1. The summed E-state index contributed by atoms with van der Waals surface area (Å²) < 4.78 is 0. The van der Waals surface area contributed by atoms with Crippen LogP contribution in [0.3, 0.4) is 0 Å². The van der Waals surface area contributed by atoms with Crippen LogP contribution in [0.1, 0.15) is 32.6 Å². The summed E-state index contributed by atoms with van der Waals surface area (Å²) in [4.78, 5) is 33.4. The van der Waals surface area contributed by atoms with Gasteiger partial charge in [-0.25, -0.2) is 4.79 Å². The van der Waals surface area contributed by atoms with Gasteiger partial charge in [0.15, 0.2) is 0 Å². The van der Waals surface area contributed by atoms with Gasteiger partial charge < -0.3 is 20.8 Å². The zero-order valence-electron chi connectivity index (χ0n) is 11.3. The van der Waals surface area contributed by atoms with Gasteiger partial charge in [0.25, 0.3) is 5.24 Å². The fourth-order valence-corrected chi connectivity index (χ4v) is 2.80. The number of carbonyl (C=O) groups excluding carboxylic acids is 2. The van der Waals surface area contributed by atoms with Crippen molar-refractivity contribution < 1.29 is 24.6 Å². The first-order valence-corrected chi connectivity index (χ1v) is 7.48. The van der Waals surface area contributed by atoms with Crippen LogP contribution < -0.4 is 10.6 Å². The molecule has 0 heterocycles. The number of aliphatic hydroxyl groups excluding tert-OH is 1. The van der Waals surface area contributed by atoms with E-state index in [0.717, 1.165) is 24.6 Å². The monoisotopic (exact) mass is 304 g/mol. The molecule has 1 atom stereocenters. The number of aliphatic hydroxyl groups is 1. The van der Waals surface area contributed by atoms with Crippen molar-refractivity contribution >= 4 is 28.9 Å². The fourth-order valence-electron chi connectivity index (χ4n) is 2.01. The summed E-state index contributed by atoms with van der Waals surface area (Å²) in [6.45, 7) is 1.23. The zero-order chi connectivity index (χ0) is 15.1. The second-order valence-corrected chi connectivity index (χ2v) is 5.83. The Balaban J connectivity index is 2.30. The molecular weight excluding hydrogens is 284 g/mol. The molecule has 0 bridgehead atoms. The molecule has 114 valence electrons. The summed E-state index contributed by atoms with van der Waals surface area (Å²) in [5.41, 5.74) is 0. The maximum Gasteiger partial charge on any atom is 0.327 e. The van der Waals surface area contributed by atoms with Gasteiger partial charge in [0.2, 0.25) is 5.91 Å². The number of carbonyl (C=O) groups is 3. The second kappa shape index (κ2) is 8.11. The van der Waals surface area contributed by atoms with E-state index >= 15 is 0 Å². The summed E-state index contributed by atoms with van der Waals surface area (Å²) in [7, 11) is 0. The van der Waals surface area contributed by atoms with Crippen LogP contribution in [0.5, 0.6) is 0 Å². The van der Waals surface area contributed by atoms with E-state index in [4.69, 9.17) is 5.11 Å². The van der Waals surface area contributed by atoms with Crippen LogP contribution in [0.15, 0.2) is 0 Å². The second-order valence-electron chi connectivity index (χ2n) is 4.84. The van der Waals surface area contributed by atoms with Crippen molar-refractivity contribution in [2.24, 2.45) is 0 Å². The molecule has 0 saturated heterocycles. The zero-order valence-corrected chi connectivity index (χ0v) is 12.1. The molecule has 1 saturated carbocycles. The number of hydrogen-bond donors (Lipinski definition) is 4. The molecule has 0 aromatic carbocycles. The highest BCUT2D eigenvalue weighted by molar-refractivity contribution is 8.13. The number of thioether (sulfide) groups is 1. The number of amides is 2. The Morgan fingerprint density at radius 2 is 1.85 bits per heavy atom. The summed E-state index contributed by atoms with van der Waals surface area (Å²) in [6.07, 6.45) is 2.49. The molecule has 0 aromatic heterocycles. The first-order chi connectivity index (χ1) is 9.38. The predicted octanol–water partition coefficient (Wildman–Crippen LogP) is 0.322. The van der Waals surface area contributed by atoms with Crippen LogP contribution >= 0.6 is 11.8 Å².